The van der Waals surface area contributed by atoms with E-state index in [4.69, 9.17) is 4.74 Å². The summed E-state index contributed by atoms with van der Waals surface area (Å²) in [5.41, 5.74) is 0.348. The van der Waals surface area contributed by atoms with Crippen LogP contribution < -0.4 is 10.1 Å². The molecule has 0 radical (unpaired) electrons. The van der Waals surface area contributed by atoms with Crippen molar-refractivity contribution in [2.24, 2.45) is 5.92 Å². The third kappa shape index (κ3) is 2.34. The van der Waals surface area contributed by atoms with Crippen molar-refractivity contribution in [3.05, 3.63) is 18.1 Å². The number of nitrogens with one attached hydrogen (secondary N) is 1. The van der Waals surface area contributed by atoms with Gasteiger partial charge in [-0.1, -0.05) is 12.8 Å². The zero-order valence-electron chi connectivity index (χ0n) is 11.1. The van der Waals surface area contributed by atoms with Crippen LogP contribution in [0, 0.1) is 5.92 Å². The molecule has 1 saturated carbocycles. The lowest BCUT2D eigenvalue weighted by Crippen LogP contribution is -2.37. The number of ketones is 1. The summed E-state index contributed by atoms with van der Waals surface area (Å²) in [4.78, 5) is 20.7. The molecule has 0 spiro atoms. The predicted molar refractivity (Wildman–Crippen MR) is 70.2 cm³/mol. The van der Waals surface area contributed by atoms with E-state index in [9.17, 15) is 4.79 Å². The first-order chi connectivity index (χ1) is 9.29. The fraction of sp³-hybridized carbons (Fsp3) is 0.643. The normalized spacial score (nSPS) is 29.8. The molecule has 1 aromatic heterocycles. The molecule has 1 N–H and O–H groups in total. The van der Waals surface area contributed by atoms with Crippen LogP contribution in [0.2, 0.25) is 0 Å². The average Bonchev–Trinajstić information content (AvgIpc) is 2.90. The molecule has 3 rings (SSSR count). The maximum Gasteiger partial charge on any atom is 0.243 e. The topological polar surface area (TPSA) is 64.1 Å². The van der Waals surface area contributed by atoms with E-state index in [1.54, 1.807) is 0 Å². The monoisotopic (exact) mass is 261 g/mol. The molecule has 0 amide bonds. The fourth-order valence-electron chi connectivity index (χ4n) is 3.33. The van der Waals surface area contributed by atoms with Gasteiger partial charge in [-0.15, -0.1) is 0 Å². The Hall–Kier alpha value is -1.49. The summed E-state index contributed by atoms with van der Waals surface area (Å²) >= 11 is 0. The van der Waals surface area contributed by atoms with E-state index < -0.39 is 0 Å². The second kappa shape index (κ2) is 5.25. The van der Waals surface area contributed by atoms with Gasteiger partial charge in [0, 0.05) is 18.4 Å². The highest BCUT2D eigenvalue weighted by Gasteiger charge is 2.39. The zero-order valence-corrected chi connectivity index (χ0v) is 11.1. The molecule has 5 heteroatoms. The van der Waals surface area contributed by atoms with Gasteiger partial charge in [0.05, 0.1) is 13.2 Å². The Morgan fingerprint density at radius 2 is 2.11 bits per heavy atom. The molecule has 0 bridgehead atoms. The number of fused-ring (bicyclic) bond motifs is 1. The summed E-state index contributed by atoms with van der Waals surface area (Å²) in [7, 11) is 1.52. The van der Waals surface area contributed by atoms with Crippen molar-refractivity contribution >= 4 is 5.78 Å². The smallest absolute Gasteiger partial charge is 0.243 e. The molecule has 2 fully saturated rings. The highest BCUT2D eigenvalue weighted by atomic mass is 16.5. The first-order valence-electron chi connectivity index (χ1n) is 6.95. The molecule has 1 saturated heterocycles. The quantitative estimate of drug-likeness (QED) is 0.837. The SMILES string of the molecule is COc1nccnc1C(=O)C1CC2CCCCC2N1. The molecule has 1 aliphatic carbocycles. The van der Waals surface area contributed by atoms with Gasteiger partial charge >= 0.3 is 0 Å². The van der Waals surface area contributed by atoms with E-state index in [-0.39, 0.29) is 11.8 Å². The van der Waals surface area contributed by atoms with Crippen LogP contribution in [0.5, 0.6) is 5.88 Å². The number of rotatable bonds is 3. The Kier molecular flexibility index (Phi) is 3.46. The summed E-state index contributed by atoms with van der Waals surface area (Å²) in [6, 6.07) is 0.379. The lowest BCUT2D eigenvalue weighted by molar-refractivity contribution is 0.0940. The van der Waals surface area contributed by atoms with Crippen LogP contribution in [-0.4, -0.2) is 34.9 Å². The van der Waals surface area contributed by atoms with Gasteiger partial charge in [-0.25, -0.2) is 9.97 Å². The first-order valence-corrected chi connectivity index (χ1v) is 6.95. The predicted octanol–water partition coefficient (Wildman–Crippen LogP) is 1.59. The van der Waals surface area contributed by atoms with Crippen molar-refractivity contribution in [2.45, 2.75) is 44.2 Å². The number of carbonyl (C=O) groups is 1. The Labute approximate surface area is 112 Å². The minimum atomic E-state index is -0.126. The van der Waals surface area contributed by atoms with Crippen molar-refractivity contribution in [3.8, 4) is 5.88 Å². The molecule has 19 heavy (non-hydrogen) atoms. The van der Waals surface area contributed by atoms with Crippen molar-refractivity contribution in [1.82, 2.24) is 15.3 Å². The van der Waals surface area contributed by atoms with Gasteiger partial charge in [0.1, 0.15) is 0 Å². The van der Waals surface area contributed by atoms with E-state index in [0.29, 0.717) is 23.5 Å². The summed E-state index contributed by atoms with van der Waals surface area (Å²) in [5, 5.41) is 3.47. The fourth-order valence-corrected chi connectivity index (χ4v) is 3.33. The van der Waals surface area contributed by atoms with Gasteiger partial charge in [-0.3, -0.25) is 4.79 Å². The molecule has 3 atom stereocenters. The Morgan fingerprint density at radius 3 is 2.89 bits per heavy atom. The minimum Gasteiger partial charge on any atom is -0.479 e. The molecular formula is C14H19N3O2. The van der Waals surface area contributed by atoms with E-state index in [0.717, 1.165) is 6.42 Å². The minimum absolute atomic E-state index is 0.0133. The lowest BCUT2D eigenvalue weighted by Gasteiger charge is -2.24. The maximum absolute atomic E-state index is 12.5. The molecular weight excluding hydrogens is 242 g/mol. The summed E-state index contributed by atoms with van der Waals surface area (Å²) in [5.74, 6) is 0.980. The molecule has 2 heterocycles. The third-order valence-corrected chi connectivity index (χ3v) is 4.27. The number of methoxy groups -OCH3 is 1. The number of Topliss-reactive ketones (excluding diaryl/α,β-unsaturated/α-hetero) is 1. The van der Waals surface area contributed by atoms with Gasteiger partial charge in [0.2, 0.25) is 11.7 Å². The summed E-state index contributed by atoms with van der Waals surface area (Å²) in [6.45, 7) is 0. The second-order valence-corrected chi connectivity index (χ2v) is 5.38. The van der Waals surface area contributed by atoms with Crippen molar-refractivity contribution in [2.75, 3.05) is 7.11 Å². The number of carbonyl (C=O) groups excluding carboxylic acids is 1. The molecule has 5 nitrogen and oxygen atoms in total. The molecule has 102 valence electrons. The van der Waals surface area contributed by atoms with Crippen LogP contribution in [-0.2, 0) is 0 Å². The number of ether oxygens (including phenoxy) is 1. The number of aromatic nitrogens is 2. The summed E-state index contributed by atoms with van der Waals surface area (Å²) in [6.07, 6.45) is 8.98. The van der Waals surface area contributed by atoms with Crippen LogP contribution in [0.3, 0.4) is 0 Å². The van der Waals surface area contributed by atoms with Gasteiger partial charge < -0.3 is 10.1 Å². The molecule has 2 aliphatic rings. The van der Waals surface area contributed by atoms with E-state index in [1.807, 2.05) is 0 Å². The van der Waals surface area contributed by atoms with Gasteiger partial charge in [0.25, 0.3) is 0 Å². The van der Waals surface area contributed by atoms with Gasteiger partial charge in [-0.2, -0.15) is 0 Å². The van der Waals surface area contributed by atoms with Crippen LogP contribution in [0.1, 0.15) is 42.6 Å². The van der Waals surface area contributed by atoms with Crippen LogP contribution in [0.4, 0.5) is 0 Å². The van der Waals surface area contributed by atoms with Crippen LogP contribution >= 0.6 is 0 Å². The summed E-state index contributed by atoms with van der Waals surface area (Å²) < 4.78 is 5.12. The number of hydrogen-bond acceptors (Lipinski definition) is 5. The van der Waals surface area contributed by atoms with Crippen LogP contribution in [0.25, 0.3) is 0 Å². The molecule has 1 aliphatic heterocycles. The zero-order chi connectivity index (χ0) is 13.2. The first kappa shape index (κ1) is 12.5. The highest BCUT2D eigenvalue weighted by molar-refractivity contribution is 6.00. The van der Waals surface area contributed by atoms with Crippen molar-refractivity contribution in [3.63, 3.8) is 0 Å². The molecule has 0 aromatic carbocycles. The molecule has 3 unspecified atom stereocenters. The lowest BCUT2D eigenvalue weighted by atomic mass is 9.84. The molecule has 1 aromatic rings. The third-order valence-electron chi connectivity index (χ3n) is 4.27. The van der Waals surface area contributed by atoms with E-state index >= 15 is 0 Å². The second-order valence-electron chi connectivity index (χ2n) is 5.38. The Balaban J connectivity index is 1.77. The standard InChI is InChI=1S/C14H19N3O2/c1-19-14-12(15-6-7-16-14)13(18)11-8-9-4-2-3-5-10(9)17-11/h6-7,9-11,17H,2-5,8H2,1H3. The largest absolute Gasteiger partial charge is 0.479 e. The van der Waals surface area contributed by atoms with Crippen molar-refractivity contribution in [1.29, 1.82) is 0 Å². The van der Waals surface area contributed by atoms with E-state index in [2.05, 4.69) is 15.3 Å². The van der Waals surface area contributed by atoms with Crippen molar-refractivity contribution < 1.29 is 9.53 Å². The van der Waals surface area contributed by atoms with E-state index in [1.165, 1.54) is 45.2 Å². The Morgan fingerprint density at radius 1 is 1.32 bits per heavy atom. The average molecular weight is 261 g/mol. The van der Waals surface area contributed by atoms with Gasteiger partial charge in [-0.05, 0) is 25.2 Å². The maximum atomic E-state index is 12.5. The Bertz CT molecular complexity index is 464. The van der Waals surface area contributed by atoms with Gasteiger partial charge in [0.15, 0.2) is 5.69 Å². The number of hydrogen-bond donors (Lipinski definition) is 1. The number of nitrogens with zero attached hydrogens (tertiary/aromatic N) is 2. The van der Waals surface area contributed by atoms with Crippen LogP contribution in [0.15, 0.2) is 12.4 Å². The highest BCUT2D eigenvalue weighted by Crippen LogP contribution is 2.34.